The molecule has 6 nitrogen and oxygen atoms in total. The summed E-state index contributed by atoms with van der Waals surface area (Å²) in [5.41, 5.74) is 6.77. The molecule has 1 saturated heterocycles. The first-order valence-corrected chi connectivity index (χ1v) is 7.85. The van der Waals surface area contributed by atoms with Crippen LogP contribution < -0.4 is 5.73 Å². The largest absolute Gasteiger partial charge is 0.444 e. The molecule has 1 heterocycles. The van der Waals surface area contributed by atoms with Gasteiger partial charge in [-0.25, -0.2) is 4.79 Å². The topological polar surface area (TPSA) is 75.9 Å². The Bertz CT molecular complexity index is 555. The maximum absolute atomic E-state index is 12.3. The van der Waals surface area contributed by atoms with Gasteiger partial charge in [-0.05, 0) is 38.5 Å². The Morgan fingerprint density at radius 2 is 1.57 bits per heavy atom. The zero-order chi connectivity index (χ0) is 17.0. The summed E-state index contributed by atoms with van der Waals surface area (Å²) < 4.78 is 5.35. The minimum atomic E-state index is -0.501. The molecule has 126 valence electrons. The number of nitrogen functional groups attached to an aromatic ring is 1. The summed E-state index contributed by atoms with van der Waals surface area (Å²) >= 11 is 0. The number of carbonyl (C=O) groups excluding carboxylic acids is 2. The normalized spacial score (nSPS) is 15.4. The van der Waals surface area contributed by atoms with Crippen LogP contribution in [0.5, 0.6) is 0 Å². The number of nitrogens with zero attached hydrogens (tertiary/aromatic N) is 2. The summed E-state index contributed by atoms with van der Waals surface area (Å²) in [6, 6.07) is 7.32. The lowest BCUT2D eigenvalue weighted by Gasteiger charge is -2.35. The first-order chi connectivity index (χ1) is 10.7. The Hall–Kier alpha value is -2.24. The molecule has 2 amide bonds. The monoisotopic (exact) mass is 319 g/mol. The number of anilines is 1. The molecule has 0 unspecified atom stereocenters. The Morgan fingerprint density at radius 3 is 2.09 bits per heavy atom. The van der Waals surface area contributed by atoms with E-state index in [1.807, 2.05) is 32.9 Å². The number of piperazine rings is 1. The van der Waals surface area contributed by atoms with Crippen molar-refractivity contribution in [2.24, 2.45) is 0 Å². The Balaban J connectivity index is 1.83. The molecule has 2 rings (SSSR count). The molecule has 23 heavy (non-hydrogen) atoms. The van der Waals surface area contributed by atoms with Gasteiger partial charge in [0, 0.05) is 31.9 Å². The van der Waals surface area contributed by atoms with Gasteiger partial charge in [0.15, 0.2) is 0 Å². The number of hydrogen-bond donors (Lipinski definition) is 1. The molecule has 0 bridgehead atoms. The van der Waals surface area contributed by atoms with Crippen molar-refractivity contribution in [1.29, 1.82) is 0 Å². The van der Waals surface area contributed by atoms with Crippen molar-refractivity contribution >= 4 is 17.7 Å². The number of ether oxygens (including phenoxy) is 1. The SMILES string of the molecule is CC(C)(C)OC(=O)N1CCN(C(=O)Cc2ccc(N)cc2)CC1. The number of carbonyl (C=O) groups is 2. The molecule has 1 aliphatic heterocycles. The first kappa shape index (κ1) is 17.1. The summed E-state index contributed by atoms with van der Waals surface area (Å²) in [5.74, 6) is 0.0682. The first-order valence-electron chi connectivity index (χ1n) is 7.85. The molecule has 0 aliphatic carbocycles. The summed E-state index contributed by atoms with van der Waals surface area (Å²) in [6.45, 7) is 7.61. The van der Waals surface area contributed by atoms with Crippen LogP contribution in [0.2, 0.25) is 0 Å². The van der Waals surface area contributed by atoms with Gasteiger partial charge in [0.1, 0.15) is 5.60 Å². The molecule has 1 fully saturated rings. The second kappa shape index (κ2) is 6.89. The smallest absolute Gasteiger partial charge is 0.410 e. The third kappa shape index (κ3) is 5.16. The lowest BCUT2D eigenvalue weighted by Crippen LogP contribution is -2.51. The lowest BCUT2D eigenvalue weighted by molar-refractivity contribution is -0.132. The van der Waals surface area contributed by atoms with Crippen LogP contribution >= 0.6 is 0 Å². The van der Waals surface area contributed by atoms with E-state index < -0.39 is 5.60 Å². The van der Waals surface area contributed by atoms with Gasteiger partial charge in [-0.3, -0.25) is 4.79 Å². The van der Waals surface area contributed by atoms with Crippen molar-refractivity contribution in [3.8, 4) is 0 Å². The van der Waals surface area contributed by atoms with Crippen molar-refractivity contribution in [2.45, 2.75) is 32.8 Å². The highest BCUT2D eigenvalue weighted by Crippen LogP contribution is 2.13. The Labute approximate surface area is 137 Å². The zero-order valence-electron chi connectivity index (χ0n) is 14.0. The highest BCUT2D eigenvalue weighted by atomic mass is 16.6. The maximum Gasteiger partial charge on any atom is 0.410 e. The van der Waals surface area contributed by atoms with E-state index in [0.29, 0.717) is 38.3 Å². The molecule has 1 aliphatic rings. The average Bonchev–Trinajstić information content (AvgIpc) is 2.48. The fourth-order valence-electron chi connectivity index (χ4n) is 2.39. The van der Waals surface area contributed by atoms with Gasteiger partial charge in [0.05, 0.1) is 6.42 Å². The molecule has 0 aromatic heterocycles. The average molecular weight is 319 g/mol. The number of nitrogens with two attached hydrogens (primary N) is 1. The highest BCUT2D eigenvalue weighted by Gasteiger charge is 2.27. The molecular formula is C17H25N3O3. The molecule has 0 radical (unpaired) electrons. The molecule has 6 heteroatoms. The quantitative estimate of drug-likeness (QED) is 0.845. The van der Waals surface area contributed by atoms with Gasteiger partial charge in [-0.15, -0.1) is 0 Å². The van der Waals surface area contributed by atoms with Crippen molar-refractivity contribution < 1.29 is 14.3 Å². The van der Waals surface area contributed by atoms with Crippen molar-refractivity contribution in [3.05, 3.63) is 29.8 Å². The third-order valence-corrected chi connectivity index (χ3v) is 3.62. The van der Waals surface area contributed by atoms with E-state index in [0.717, 1.165) is 5.56 Å². The van der Waals surface area contributed by atoms with Gasteiger partial charge in [0.25, 0.3) is 0 Å². The summed E-state index contributed by atoms with van der Waals surface area (Å²) in [4.78, 5) is 27.8. The van der Waals surface area contributed by atoms with E-state index in [1.165, 1.54) is 0 Å². The molecule has 2 N–H and O–H groups in total. The van der Waals surface area contributed by atoms with Crippen LogP contribution in [0.15, 0.2) is 24.3 Å². The van der Waals surface area contributed by atoms with Crippen LogP contribution in [0, 0.1) is 0 Å². The van der Waals surface area contributed by atoms with Crippen LogP contribution in [0.3, 0.4) is 0 Å². The fraction of sp³-hybridized carbons (Fsp3) is 0.529. The number of hydrogen-bond acceptors (Lipinski definition) is 4. The van der Waals surface area contributed by atoms with E-state index in [4.69, 9.17) is 10.5 Å². The Morgan fingerprint density at radius 1 is 1.04 bits per heavy atom. The fourth-order valence-corrected chi connectivity index (χ4v) is 2.39. The highest BCUT2D eigenvalue weighted by molar-refractivity contribution is 5.79. The number of amides is 2. The van der Waals surface area contributed by atoms with E-state index in [-0.39, 0.29) is 12.0 Å². The van der Waals surface area contributed by atoms with Crippen LogP contribution in [0.1, 0.15) is 26.3 Å². The zero-order valence-corrected chi connectivity index (χ0v) is 14.0. The summed E-state index contributed by atoms with van der Waals surface area (Å²) in [6.07, 6.45) is 0.0373. The third-order valence-electron chi connectivity index (χ3n) is 3.62. The van der Waals surface area contributed by atoms with Gasteiger partial charge >= 0.3 is 6.09 Å². The van der Waals surface area contributed by atoms with Crippen molar-refractivity contribution in [1.82, 2.24) is 9.80 Å². The van der Waals surface area contributed by atoms with E-state index in [9.17, 15) is 9.59 Å². The lowest BCUT2D eigenvalue weighted by atomic mass is 10.1. The van der Waals surface area contributed by atoms with E-state index in [2.05, 4.69) is 0 Å². The number of benzene rings is 1. The van der Waals surface area contributed by atoms with Crippen molar-refractivity contribution in [2.75, 3.05) is 31.9 Å². The van der Waals surface area contributed by atoms with Crippen LogP contribution in [-0.4, -0.2) is 53.6 Å². The number of rotatable bonds is 2. The molecule has 0 spiro atoms. The van der Waals surface area contributed by atoms with E-state index in [1.54, 1.807) is 21.9 Å². The van der Waals surface area contributed by atoms with Gasteiger partial charge in [-0.1, -0.05) is 12.1 Å². The second-order valence-electron chi connectivity index (χ2n) is 6.77. The maximum atomic E-state index is 12.3. The minimum absolute atomic E-state index is 0.0682. The molecular weight excluding hydrogens is 294 g/mol. The Kier molecular flexibility index (Phi) is 5.13. The van der Waals surface area contributed by atoms with Gasteiger partial charge in [0.2, 0.25) is 5.91 Å². The van der Waals surface area contributed by atoms with Crippen LogP contribution in [-0.2, 0) is 16.0 Å². The molecule has 0 atom stereocenters. The van der Waals surface area contributed by atoms with Crippen LogP contribution in [0.25, 0.3) is 0 Å². The summed E-state index contributed by atoms with van der Waals surface area (Å²) in [7, 11) is 0. The van der Waals surface area contributed by atoms with Gasteiger partial charge < -0.3 is 20.3 Å². The predicted molar refractivity (Wildman–Crippen MR) is 88.9 cm³/mol. The van der Waals surface area contributed by atoms with Crippen LogP contribution in [0.4, 0.5) is 10.5 Å². The predicted octanol–water partition coefficient (Wildman–Crippen LogP) is 1.89. The molecule has 1 aromatic carbocycles. The summed E-state index contributed by atoms with van der Waals surface area (Å²) in [5, 5.41) is 0. The van der Waals surface area contributed by atoms with Crippen molar-refractivity contribution in [3.63, 3.8) is 0 Å². The second-order valence-corrected chi connectivity index (χ2v) is 6.77. The standard InChI is InChI=1S/C17H25N3O3/c1-17(2,3)23-16(22)20-10-8-19(9-11-20)15(21)12-13-4-6-14(18)7-5-13/h4-7H,8-12,18H2,1-3H3. The molecule has 1 aromatic rings. The van der Waals surface area contributed by atoms with Gasteiger partial charge in [-0.2, -0.15) is 0 Å². The minimum Gasteiger partial charge on any atom is -0.444 e. The molecule has 0 saturated carbocycles. The van der Waals surface area contributed by atoms with E-state index >= 15 is 0 Å².